The van der Waals surface area contributed by atoms with Crippen molar-refractivity contribution in [3.05, 3.63) is 23.8 Å². The highest BCUT2D eigenvalue weighted by Gasteiger charge is 2.46. The van der Waals surface area contributed by atoms with E-state index in [0.717, 1.165) is 5.75 Å². The average Bonchev–Trinajstić information content (AvgIpc) is 2.88. The number of rotatable bonds is 5. The molecule has 1 aliphatic heterocycles. The molecule has 1 saturated heterocycles. The van der Waals surface area contributed by atoms with E-state index in [1.165, 1.54) is 24.3 Å². The lowest BCUT2D eigenvalue weighted by molar-refractivity contribution is -0.116. The molecule has 106 valence electrons. The van der Waals surface area contributed by atoms with E-state index in [-0.39, 0.29) is 10.5 Å². The molecule has 0 radical (unpaired) electrons. The molecule has 0 unspecified atom stereocenters. The summed E-state index contributed by atoms with van der Waals surface area (Å²) in [5.41, 5.74) is 0.683. The average molecular weight is 278 g/mol. The van der Waals surface area contributed by atoms with Crippen LogP contribution in [0.2, 0.25) is 0 Å². The van der Waals surface area contributed by atoms with Gasteiger partial charge in [0.05, 0.1) is 4.75 Å². The molecule has 0 aromatic carbocycles. The number of terminal acetylenes is 1. The molecule has 0 aromatic heterocycles. The maximum atomic E-state index is 12.9. The predicted octanol–water partition coefficient (Wildman–Crippen LogP) is 4.09. The number of allylic oxidation sites excluding steroid dienone is 4. The van der Waals surface area contributed by atoms with Crippen LogP contribution in [0.4, 0.5) is 0 Å². The summed E-state index contributed by atoms with van der Waals surface area (Å²) in [4.78, 5) is 12.9. The van der Waals surface area contributed by atoms with Gasteiger partial charge in [-0.25, -0.2) is 10.0 Å². The van der Waals surface area contributed by atoms with E-state index in [4.69, 9.17) is 6.42 Å². The summed E-state index contributed by atoms with van der Waals surface area (Å²) in [5, 5.41) is 0. The zero-order valence-corrected chi connectivity index (χ0v) is 13.5. The van der Waals surface area contributed by atoms with Gasteiger partial charge < -0.3 is 0 Å². The second-order valence-corrected chi connectivity index (χ2v) is 10.1. The molecule has 2 heteroatoms. The van der Waals surface area contributed by atoms with Gasteiger partial charge in [-0.3, -0.25) is 4.79 Å². The maximum absolute atomic E-state index is 12.9. The highest BCUT2D eigenvalue weighted by Crippen LogP contribution is 2.63. The van der Waals surface area contributed by atoms with Crippen LogP contribution in [-0.2, 0) is 4.79 Å². The first kappa shape index (κ1) is 16.1. The molecule has 1 fully saturated rings. The Bertz CT molecular complexity index is 429. The Morgan fingerprint density at radius 1 is 1.37 bits per heavy atom. The lowest BCUT2D eigenvalue weighted by Crippen LogP contribution is -2.40. The summed E-state index contributed by atoms with van der Waals surface area (Å²) in [7, 11) is -0.851. The van der Waals surface area contributed by atoms with Crippen LogP contribution in [-0.4, -0.2) is 27.8 Å². The minimum absolute atomic E-state index is 0.224. The molecule has 0 amide bonds. The molecule has 1 heterocycles. The van der Waals surface area contributed by atoms with Crippen molar-refractivity contribution >= 4 is 15.8 Å². The summed E-state index contributed by atoms with van der Waals surface area (Å²) >= 11 is 0. The minimum atomic E-state index is -0.851. The fraction of sp³-hybridized carbons (Fsp3) is 0.588. The standard InChI is InChI=1S/C17H26OS/c1-6-11-15(12-7-2)16(18)17(4,5)19(8-3)13-9-10-14-19/h1,7,11-12H,8-10,13-14H2,2-5H3. The fourth-order valence-corrected chi connectivity index (χ4v) is 7.57. The van der Waals surface area contributed by atoms with Crippen LogP contribution >= 0.6 is 10.0 Å². The number of carbonyl (C=O) groups is 1. The normalized spacial score (nSPS) is 21.3. The Hall–Kier alpha value is -0.940. The predicted molar refractivity (Wildman–Crippen MR) is 87.9 cm³/mol. The van der Waals surface area contributed by atoms with Gasteiger partial charge in [0.2, 0.25) is 0 Å². The van der Waals surface area contributed by atoms with Gasteiger partial charge in [0.15, 0.2) is 5.78 Å². The van der Waals surface area contributed by atoms with E-state index < -0.39 is 10.0 Å². The number of hydrogen-bond acceptors (Lipinski definition) is 1. The lowest BCUT2D eigenvalue weighted by Gasteiger charge is -2.48. The van der Waals surface area contributed by atoms with Crippen molar-refractivity contribution in [3.8, 4) is 12.3 Å². The first-order valence-electron chi connectivity index (χ1n) is 7.05. The van der Waals surface area contributed by atoms with Crippen molar-refractivity contribution in [1.29, 1.82) is 0 Å². The Kier molecular flexibility index (Phi) is 5.50. The van der Waals surface area contributed by atoms with Crippen molar-refractivity contribution in [3.63, 3.8) is 0 Å². The number of carbonyl (C=O) groups excluding carboxylic acids is 1. The van der Waals surface area contributed by atoms with Gasteiger partial charge in [0, 0.05) is 5.57 Å². The minimum Gasteiger partial charge on any atom is -0.293 e. The molecule has 0 bridgehead atoms. The molecule has 0 aromatic rings. The SMILES string of the molecule is C#CC=C(C=CC)C(=O)C(C)(C)S1(CC)CCCC1. The third-order valence-electron chi connectivity index (χ3n) is 4.35. The lowest BCUT2D eigenvalue weighted by atomic mass is 9.99. The van der Waals surface area contributed by atoms with E-state index >= 15 is 0 Å². The van der Waals surface area contributed by atoms with Crippen LogP contribution in [0.5, 0.6) is 0 Å². The largest absolute Gasteiger partial charge is 0.293 e. The number of hydrogen-bond donors (Lipinski definition) is 0. The Labute approximate surface area is 119 Å². The Morgan fingerprint density at radius 3 is 2.37 bits per heavy atom. The zero-order valence-electron chi connectivity index (χ0n) is 12.7. The van der Waals surface area contributed by atoms with Gasteiger partial charge in [0.1, 0.15) is 0 Å². The van der Waals surface area contributed by atoms with Gasteiger partial charge in [0.25, 0.3) is 0 Å². The maximum Gasteiger partial charge on any atom is 0.177 e. The molecule has 1 rings (SSSR count). The second-order valence-electron chi connectivity index (χ2n) is 5.56. The topological polar surface area (TPSA) is 17.1 Å². The third kappa shape index (κ3) is 2.98. The number of ketones is 1. The van der Waals surface area contributed by atoms with Crippen molar-refractivity contribution in [2.24, 2.45) is 0 Å². The molecule has 0 N–H and O–H groups in total. The van der Waals surface area contributed by atoms with Gasteiger partial charge >= 0.3 is 0 Å². The van der Waals surface area contributed by atoms with Crippen LogP contribution in [0, 0.1) is 12.3 Å². The zero-order chi connectivity index (χ0) is 14.5. The molecule has 0 aliphatic carbocycles. The molecule has 0 atom stereocenters. The van der Waals surface area contributed by atoms with Gasteiger partial charge in [-0.15, -0.1) is 6.42 Å². The summed E-state index contributed by atoms with van der Waals surface area (Å²) < 4.78 is -0.263. The molecule has 1 nitrogen and oxygen atoms in total. The molecular formula is C17H26OS. The van der Waals surface area contributed by atoms with Crippen molar-refractivity contribution in [2.75, 3.05) is 17.3 Å². The highest BCUT2D eigenvalue weighted by atomic mass is 32.3. The fourth-order valence-electron chi connectivity index (χ4n) is 3.02. The van der Waals surface area contributed by atoms with E-state index in [0.29, 0.717) is 5.57 Å². The Morgan fingerprint density at radius 2 is 1.95 bits per heavy atom. The Balaban J connectivity index is 3.14. The summed E-state index contributed by atoms with van der Waals surface area (Å²) in [6.07, 6.45) is 13.3. The monoisotopic (exact) mass is 278 g/mol. The summed E-state index contributed by atoms with van der Waals surface area (Å²) in [6.45, 7) is 8.43. The van der Waals surface area contributed by atoms with Gasteiger partial charge in [-0.05, 0) is 56.9 Å². The quantitative estimate of drug-likeness (QED) is 0.420. The molecular weight excluding hydrogens is 252 g/mol. The first-order valence-corrected chi connectivity index (χ1v) is 9.19. The van der Waals surface area contributed by atoms with Crippen LogP contribution in [0.1, 0.15) is 40.5 Å². The smallest absolute Gasteiger partial charge is 0.177 e. The molecule has 19 heavy (non-hydrogen) atoms. The third-order valence-corrected chi connectivity index (χ3v) is 9.95. The van der Waals surface area contributed by atoms with Crippen LogP contribution in [0.25, 0.3) is 0 Å². The van der Waals surface area contributed by atoms with Crippen LogP contribution in [0.15, 0.2) is 23.8 Å². The van der Waals surface area contributed by atoms with E-state index in [2.05, 4.69) is 26.7 Å². The second kappa shape index (κ2) is 6.48. The molecule has 1 aliphatic rings. The van der Waals surface area contributed by atoms with Crippen LogP contribution < -0.4 is 0 Å². The highest BCUT2D eigenvalue weighted by molar-refractivity contribution is 8.35. The van der Waals surface area contributed by atoms with Crippen molar-refractivity contribution < 1.29 is 4.79 Å². The van der Waals surface area contributed by atoms with Gasteiger partial charge in [-0.2, -0.15) is 0 Å². The van der Waals surface area contributed by atoms with E-state index in [1.807, 2.05) is 19.1 Å². The summed E-state index contributed by atoms with van der Waals surface area (Å²) in [5.74, 6) is 6.35. The van der Waals surface area contributed by atoms with E-state index in [1.54, 1.807) is 6.08 Å². The van der Waals surface area contributed by atoms with Gasteiger partial charge in [-0.1, -0.05) is 25.0 Å². The number of Topliss-reactive ketones (excluding diaryl/α,β-unsaturated/α-hetero) is 1. The van der Waals surface area contributed by atoms with E-state index in [9.17, 15) is 4.79 Å². The van der Waals surface area contributed by atoms with Crippen LogP contribution in [0.3, 0.4) is 0 Å². The first-order chi connectivity index (χ1) is 8.95. The molecule has 0 spiro atoms. The van der Waals surface area contributed by atoms with Crippen molar-refractivity contribution in [2.45, 2.75) is 45.3 Å². The van der Waals surface area contributed by atoms with Crippen molar-refractivity contribution in [1.82, 2.24) is 0 Å². The summed E-state index contributed by atoms with van der Waals surface area (Å²) in [6, 6.07) is 0. The molecule has 0 saturated carbocycles.